The number of benzene rings is 1. The van der Waals surface area contributed by atoms with Gasteiger partial charge in [0, 0.05) is 13.0 Å². The molecule has 1 aromatic carbocycles. The maximum Gasteiger partial charge on any atom is 0.308 e. The van der Waals surface area contributed by atoms with E-state index in [9.17, 15) is 4.79 Å². The van der Waals surface area contributed by atoms with Gasteiger partial charge in [-0.1, -0.05) is 0 Å². The van der Waals surface area contributed by atoms with Gasteiger partial charge < -0.3 is 9.72 Å². The number of ether oxygens (including phenoxy) is 1. The van der Waals surface area contributed by atoms with Crippen molar-refractivity contribution in [2.75, 3.05) is 0 Å². The minimum Gasteiger partial charge on any atom is -0.427 e. The smallest absolute Gasteiger partial charge is 0.308 e. The van der Waals surface area contributed by atoms with Crippen LogP contribution in [0, 0.1) is 6.92 Å². The molecule has 4 nitrogen and oxygen atoms in total. The Labute approximate surface area is 80.9 Å². The molecule has 0 radical (unpaired) electrons. The third-order valence-corrected chi connectivity index (χ3v) is 1.83. The number of H-pyrrole nitrogens is 1. The molecule has 1 aromatic heterocycles. The molecule has 72 valence electrons. The van der Waals surface area contributed by atoms with Crippen LogP contribution in [0.2, 0.25) is 0 Å². The minimum atomic E-state index is -0.319. The molecule has 0 atom stereocenters. The fourth-order valence-corrected chi connectivity index (χ4v) is 1.35. The minimum absolute atomic E-state index is 0.319. The van der Waals surface area contributed by atoms with Crippen molar-refractivity contribution in [2.24, 2.45) is 0 Å². The number of nitrogens with zero attached hydrogens (tertiary/aromatic N) is 1. The van der Waals surface area contributed by atoms with Crippen LogP contribution < -0.4 is 4.74 Å². The van der Waals surface area contributed by atoms with Crippen LogP contribution in [0.15, 0.2) is 18.2 Å². The number of hydrogen-bond donors (Lipinski definition) is 1. The van der Waals surface area contributed by atoms with Gasteiger partial charge in [0.15, 0.2) is 0 Å². The maximum absolute atomic E-state index is 10.7. The largest absolute Gasteiger partial charge is 0.427 e. The first-order valence-corrected chi connectivity index (χ1v) is 4.30. The molecule has 14 heavy (non-hydrogen) atoms. The second kappa shape index (κ2) is 3.14. The Bertz CT molecular complexity index is 488. The maximum atomic E-state index is 10.7. The van der Waals surface area contributed by atoms with Crippen LogP contribution in [0.4, 0.5) is 0 Å². The third kappa shape index (κ3) is 1.59. The summed E-state index contributed by atoms with van der Waals surface area (Å²) in [5.41, 5.74) is 1.75. The molecule has 0 fully saturated rings. The first-order chi connectivity index (χ1) is 6.65. The zero-order valence-corrected chi connectivity index (χ0v) is 8.00. The number of imidazole rings is 1. The van der Waals surface area contributed by atoms with Gasteiger partial charge in [0.2, 0.25) is 0 Å². The van der Waals surface area contributed by atoms with Crippen LogP contribution in [0.3, 0.4) is 0 Å². The van der Waals surface area contributed by atoms with Crippen LogP contribution in [-0.4, -0.2) is 15.9 Å². The van der Waals surface area contributed by atoms with E-state index in [2.05, 4.69) is 9.97 Å². The molecule has 0 saturated heterocycles. The normalized spacial score (nSPS) is 10.4. The molecule has 0 aliphatic carbocycles. The second-order valence-corrected chi connectivity index (χ2v) is 3.09. The molecule has 0 aliphatic rings. The van der Waals surface area contributed by atoms with Crippen molar-refractivity contribution in [3.05, 3.63) is 24.0 Å². The van der Waals surface area contributed by atoms with Crippen molar-refractivity contribution >= 4 is 17.0 Å². The van der Waals surface area contributed by atoms with E-state index in [1.807, 2.05) is 13.0 Å². The Balaban J connectivity index is 2.45. The van der Waals surface area contributed by atoms with E-state index in [1.165, 1.54) is 6.92 Å². The number of carbonyl (C=O) groups is 1. The average Bonchev–Trinajstić information content (AvgIpc) is 2.42. The van der Waals surface area contributed by atoms with E-state index < -0.39 is 0 Å². The van der Waals surface area contributed by atoms with Gasteiger partial charge in [-0.05, 0) is 19.1 Å². The zero-order chi connectivity index (χ0) is 10.1. The predicted molar refractivity (Wildman–Crippen MR) is 52.1 cm³/mol. The van der Waals surface area contributed by atoms with E-state index in [0.717, 1.165) is 16.9 Å². The molecule has 0 spiro atoms. The summed E-state index contributed by atoms with van der Waals surface area (Å²) in [6, 6.07) is 5.30. The van der Waals surface area contributed by atoms with E-state index in [4.69, 9.17) is 4.74 Å². The third-order valence-electron chi connectivity index (χ3n) is 1.83. The first kappa shape index (κ1) is 8.74. The Morgan fingerprint density at radius 1 is 1.50 bits per heavy atom. The summed E-state index contributed by atoms with van der Waals surface area (Å²) in [5.74, 6) is 1.06. The highest BCUT2D eigenvalue weighted by molar-refractivity contribution is 5.78. The molecule has 0 amide bonds. The molecule has 0 aliphatic heterocycles. The van der Waals surface area contributed by atoms with Crippen LogP contribution in [0.5, 0.6) is 5.75 Å². The van der Waals surface area contributed by atoms with Crippen LogP contribution in [0.1, 0.15) is 12.7 Å². The Morgan fingerprint density at radius 3 is 3.00 bits per heavy atom. The molecule has 1 N–H and O–H groups in total. The highest BCUT2D eigenvalue weighted by Gasteiger charge is 2.02. The highest BCUT2D eigenvalue weighted by Crippen LogP contribution is 2.18. The lowest BCUT2D eigenvalue weighted by Crippen LogP contribution is -2.00. The van der Waals surface area contributed by atoms with Crippen LogP contribution >= 0.6 is 0 Å². The average molecular weight is 190 g/mol. The summed E-state index contributed by atoms with van der Waals surface area (Å²) in [6.45, 7) is 3.26. The number of rotatable bonds is 1. The highest BCUT2D eigenvalue weighted by atomic mass is 16.5. The summed E-state index contributed by atoms with van der Waals surface area (Å²) in [4.78, 5) is 18.0. The second-order valence-electron chi connectivity index (χ2n) is 3.09. The zero-order valence-electron chi connectivity index (χ0n) is 8.00. The quantitative estimate of drug-likeness (QED) is 0.551. The molecule has 4 heteroatoms. The number of aromatic nitrogens is 2. The lowest BCUT2D eigenvalue weighted by atomic mass is 10.3. The lowest BCUT2D eigenvalue weighted by Gasteiger charge is -1.99. The van der Waals surface area contributed by atoms with Gasteiger partial charge in [0.25, 0.3) is 0 Å². The van der Waals surface area contributed by atoms with Crippen molar-refractivity contribution in [3.63, 3.8) is 0 Å². The lowest BCUT2D eigenvalue weighted by molar-refractivity contribution is -0.131. The van der Waals surface area contributed by atoms with Crippen LogP contribution in [-0.2, 0) is 4.79 Å². The van der Waals surface area contributed by atoms with Gasteiger partial charge in [-0.25, -0.2) is 4.98 Å². The number of esters is 1. The van der Waals surface area contributed by atoms with E-state index >= 15 is 0 Å². The van der Waals surface area contributed by atoms with Crippen molar-refractivity contribution in [3.8, 4) is 5.75 Å². The Morgan fingerprint density at radius 2 is 2.29 bits per heavy atom. The van der Waals surface area contributed by atoms with Gasteiger partial charge in [-0.3, -0.25) is 4.79 Å². The van der Waals surface area contributed by atoms with Crippen molar-refractivity contribution in [2.45, 2.75) is 13.8 Å². The van der Waals surface area contributed by atoms with Crippen molar-refractivity contribution < 1.29 is 9.53 Å². The molecule has 0 bridgehead atoms. The van der Waals surface area contributed by atoms with Crippen molar-refractivity contribution in [1.29, 1.82) is 0 Å². The van der Waals surface area contributed by atoms with E-state index in [1.54, 1.807) is 12.1 Å². The number of aryl methyl sites for hydroxylation is 1. The summed E-state index contributed by atoms with van der Waals surface area (Å²) in [5, 5.41) is 0. The molecule has 2 rings (SSSR count). The summed E-state index contributed by atoms with van der Waals surface area (Å²) in [7, 11) is 0. The predicted octanol–water partition coefficient (Wildman–Crippen LogP) is 1.80. The molecule has 0 unspecified atom stereocenters. The van der Waals surface area contributed by atoms with Gasteiger partial charge in [0.1, 0.15) is 11.6 Å². The van der Waals surface area contributed by atoms with Gasteiger partial charge in [-0.2, -0.15) is 0 Å². The Kier molecular flexibility index (Phi) is 1.96. The summed E-state index contributed by atoms with van der Waals surface area (Å²) >= 11 is 0. The first-order valence-electron chi connectivity index (χ1n) is 4.30. The monoisotopic (exact) mass is 190 g/mol. The summed E-state index contributed by atoms with van der Waals surface area (Å²) in [6.07, 6.45) is 0. The molecule has 1 heterocycles. The Hall–Kier alpha value is -1.84. The molecular formula is C10H10N2O2. The van der Waals surface area contributed by atoms with Gasteiger partial charge in [-0.15, -0.1) is 0 Å². The molecular weight excluding hydrogens is 180 g/mol. The van der Waals surface area contributed by atoms with E-state index in [-0.39, 0.29) is 5.97 Å². The SMILES string of the molecule is CC(=O)Oc1ccc2nc(C)[nH]c2c1. The van der Waals surface area contributed by atoms with Gasteiger partial charge in [0.05, 0.1) is 11.0 Å². The summed E-state index contributed by atoms with van der Waals surface area (Å²) < 4.78 is 4.94. The number of carbonyl (C=O) groups excluding carboxylic acids is 1. The fraction of sp³-hybridized carbons (Fsp3) is 0.200. The number of fused-ring (bicyclic) bond motifs is 1. The molecule has 2 aromatic rings. The van der Waals surface area contributed by atoms with Gasteiger partial charge >= 0.3 is 5.97 Å². The molecule has 0 saturated carbocycles. The number of nitrogens with one attached hydrogen (secondary N) is 1. The van der Waals surface area contributed by atoms with E-state index in [0.29, 0.717) is 5.75 Å². The number of aromatic amines is 1. The number of hydrogen-bond acceptors (Lipinski definition) is 3. The fourth-order valence-electron chi connectivity index (χ4n) is 1.35. The van der Waals surface area contributed by atoms with Crippen LogP contribution in [0.25, 0.3) is 11.0 Å². The van der Waals surface area contributed by atoms with Crippen molar-refractivity contribution in [1.82, 2.24) is 9.97 Å². The standard InChI is InChI=1S/C10H10N2O2/c1-6-11-9-4-3-8(14-7(2)13)5-10(9)12-6/h3-5H,1-2H3,(H,11,12). The topological polar surface area (TPSA) is 55.0 Å².